The molecule has 1 aromatic carbocycles. The van der Waals surface area contributed by atoms with Gasteiger partial charge in [-0.05, 0) is 20.0 Å². The number of halogens is 3. The van der Waals surface area contributed by atoms with Crippen LogP contribution < -0.4 is 5.32 Å². The lowest BCUT2D eigenvalue weighted by atomic mass is 10.1. The largest absolute Gasteiger partial charge is 0.418 e. The third-order valence-electron chi connectivity index (χ3n) is 2.95. The molecule has 1 heterocycles. The maximum Gasteiger partial charge on any atom is 0.418 e. The molecular weight excluding hydrogens is 255 g/mol. The van der Waals surface area contributed by atoms with E-state index in [0.717, 1.165) is 6.07 Å². The molecule has 0 fully saturated rings. The molecule has 0 radical (unpaired) electrons. The standard InChI is InChI=1S/C13H14F3N3/c1-8(17-2)6-11-18-7-9-4-3-5-10(12(9)19-11)13(14,15)16/h3-5,7-8,17H,6H2,1-2H3. The minimum atomic E-state index is -4.40. The van der Waals surface area contributed by atoms with Crippen LogP contribution in [-0.2, 0) is 12.6 Å². The zero-order chi connectivity index (χ0) is 14.0. The second-order valence-electron chi connectivity index (χ2n) is 4.42. The monoisotopic (exact) mass is 269 g/mol. The van der Waals surface area contributed by atoms with Crippen LogP contribution >= 0.6 is 0 Å². The Morgan fingerprint density at radius 3 is 2.68 bits per heavy atom. The Kier molecular flexibility index (Phi) is 3.71. The summed E-state index contributed by atoms with van der Waals surface area (Å²) in [7, 11) is 1.78. The Labute approximate surface area is 108 Å². The number of hydrogen-bond donors (Lipinski definition) is 1. The molecule has 1 unspecified atom stereocenters. The van der Waals surface area contributed by atoms with E-state index in [9.17, 15) is 13.2 Å². The van der Waals surface area contributed by atoms with Gasteiger partial charge in [0.1, 0.15) is 5.82 Å². The number of nitrogens with one attached hydrogen (secondary N) is 1. The van der Waals surface area contributed by atoms with Crippen LogP contribution in [0.15, 0.2) is 24.4 Å². The van der Waals surface area contributed by atoms with Crippen molar-refractivity contribution < 1.29 is 13.2 Å². The molecule has 1 aromatic heterocycles. The summed E-state index contributed by atoms with van der Waals surface area (Å²) < 4.78 is 38.7. The summed E-state index contributed by atoms with van der Waals surface area (Å²) in [5, 5.41) is 3.40. The number of para-hydroxylation sites is 1. The van der Waals surface area contributed by atoms with E-state index in [-0.39, 0.29) is 11.6 Å². The number of hydrogen-bond acceptors (Lipinski definition) is 3. The summed E-state index contributed by atoms with van der Waals surface area (Å²) in [6, 6.07) is 4.09. The second-order valence-corrected chi connectivity index (χ2v) is 4.42. The van der Waals surface area contributed by atoms with Gasteiger partial charge in [0.25, 0.3) is 0 Å². The quantitative estimate of drug-likeness (QED) is 0.931. The average molecular weight is 269 g/mol. The van der Waals surface area contributed by atoms with Crippen molar-refractivity contribution in [3.63, 3.8) is 0 Å². The van der Waals surface area contributed by atoms with Crippen LogP contribution in [0, 0.1) is 0 Å². The molecule has 0 aliphatic carbocycles. The first kappa shape index (κ1) is 13.7. The Balaban J connectivity index is 2.51. The van der Waals surface area contributed by atoms with Crippen molar-refractivity contribution in [1.29, 1.82) is 0 Å². The minimum Gasteiger partial charge on any atom is -0.317 e. The van der Waals surface area contributed by atoms with E-state index in [2.05, 4.69) is 15.3 Å². The van der Waals surface area contributed by atoms with E-state index in [0.29, 0.717) is 17.6 Å². The molecule has 1 N–H and O–H groups in total. The number of likely N-dealkylation sites (N-methyl/N-ethyl adjacent to an activating group) is 1. The minimum absolute atomic E-state index is 0.0386. The molecule has 0 saturated heterocycles. The summed E-state index contributed by atoms with van der Waals surface area (Å²) in [5.41, 5.74) is -0.755. The van der Waals surface area contributed by atoms with Crippen LogP contribution in [0.5, 0.6) is 0 Å². The molecule has 19 heavy (non-hydrogen) atoms. The molecule has 0 spiro atoms. The maximum atomic E-state index is 12.9. The van der Waals surface area contributed by atoms with Gasteiger partial charge in [-0.3, -0.25) is 0 Å². The highest BCUT2D eigenvalue weighted by Crippen LogP contribution is 2.33. The summed E-state index contributed by atoms with van der Waals surface area (Å²) in [6.07, 6.45) is -2.48. The lowest BCUT2D eigenvalue weighted by Crippen LogP contribution is -2.24. The van der Waals surface area contributed by atoms with E-state index in [1.54, 1.807) is 13.1 Å². The summed E-state index contributed by atoms with van der Waals surface area (Å²) >= 11 is 0. The van der Waals surface area contributed by atoms with E-state index >= 15 is 0 Å². The molecule has 0 bridgehead atoms. The Morgan fingerprint density at radius 1 is 1.32 bits per heavy atom. The van der Waals surface area contributed by atoms with E-state index in [1.165, 1.54) is 12.3 Å². The number of aromatic nitrogens is 2. The van der Waals surface area contributed by atoms with E-state index in [1.807, 2.05) is 6.92 Å². The molecule has 6 heteroatoms. The fourth-order valence-electron chi connectivity index (χ4n) is 1.80. The predicted octanol–water partition coefficient (Wildman–Crippen LogP) is 2.80. The second kappa shape index (κ2) is 5.13. The maximum absolute atomic E-state index is 12.9. The molecule has 0 saturated carbocycles. The van der Waals surface area contributed by atoms with Gasteiger partial charge in [0.05, 0.1) is 11.1 Å². The molecule has 0 aliphatic heterocycles. The van der Waals surface area contributed by atoms with Crippen LogP contribution in [0.3, 0.4) is 0 Å². The van der Waals surface area contributed by atoms with Crippen molar-refractivity contribution in [3.8, 4) is 0 Å². The highest BCUT2D eigenvalue weighted by molar-refractivity contribution is 5.81. The number of fused-ring (bicyclic) bond motifs is 1. The fraction of sp³-hybridized carbons (Fsp3) is 0.385. The molecule has 102 valence electrons. The van der Waals surface area contributed by atoms with Gasteiger partial charge in [0.2, 0.25) is 0 Å². The number of nitrogens with zero attached hydrogens (tertiary/aromatic N) is 2. The summed E-state index contributed by atoms with van der Waals surface area (Å²) in [4.78, 5) is 8.16. The first-order valence-corrected chi connectivity index (χ1v) is 5.91. The molecule has 0 amide bonds. The molecular formula is C13H14F3N3. The van der Waals surface area contributed by atoms with Crippen LogP contribution in [0.2, 0.25) is 0 Å². The summed E-state index contributed by atoms with van der Waals surface area (Å²) in [5.74, 6) is 0.408. The first-order valence-electron chi connectivity index (χ1n) is 5.91. The third-order valence-corrected chi connectivity index (χ3v) is 2.95. The number of benzene rings is 1. The van der Waals surface area contributed by atoms with E-state index < -0.39 is 11.7 Å². The first-order chi connectivity index (χ1) is 8.91. The highest BCUT2D eigenvalue weighted by atomic mass is 19.4. The molecule has 0 aliphatic rings. The van der Waals surface area contributed by atoms with Crippen LogP contribution in [0.1, 0.15) is 18.3 Å². The fourth-order valence-corrected chi connectivity index (χ4v) is 1.80. The Bertz CT molecular complexity index is 581. The van der Waals surface area contributed by atoms with Gasteiger partial charge in [-0.25, -0.2) is 9.97 Å². The average Bonchev–Trinajstić information content (AvgIpc) is 2.36. The zero-order valence-corrected chi connectivity index (χ0v) is 10.6. The van der Waals surface area contributed by atoms with Gasteiger partial charge in [0.15, 0.2) is 0 Å². The van der Waals surface area contributed by atoms with Gasteiger partial charge in [-0.15, -0.1) is 0 Å². The Hall–Kier alpha value is -1.69. The number of alkyl halides is 3. The molecule has 2 aromatic rings. The number of rotatable bonds is 3. The van der Waals surface area contributed by atoms with Crippen molar-refractivity contribution >= 4 is 10.9 Å². The highest BCUT2D eigenvalue weighted by Gasteiger charge is 2.33. The van der Waals surface area contributed by atoms with Gasteiger partial charge in [0, 0.05) is 24.0 Å². The SMILES string of the molecule is CNC(C)Cc1ncc2cccc(C(F)(F)F)c2n1. The van der Waals surface area contributed by atoms with Crippen LogP contribution in [0.25, 0.3) is 10.9 Å². The van der Waals surface area contributed by atoms with Crippen molar-refractivity contribution in [2.75, 3.05) is 7.05 Å². The van der Waals surface area contributed by atoms with Gasteiger partial charge < -0.3 is 5.32 Å². The molecule has 1 atom stereocenters. The molecule has 2 rings (SSSR count). The van der Waals surface area contributed by atoms with Crippen LogP contribution in [0.4, 0.5) is 13.2 Å². The van der Waals surface area contributed by atoms with Gasteiger partial charge >= 0.3 is 6.18 Å². The summed E-state index contributed by atoms with van der Waals surface area (Å²) in [6.45, 7) is 1.92. The lowest BCUT2D eigenvalue weighted by Gasteiger charge is -2.12. The van der Waals surface area contributed by atoms with Crippen molar-refractivity contribution in [1.82, 2.24) is 15.3 Å². The van der Waals surface area contributed by atoms with E-state index in [4.69, 9.17) is 0 Å². The van der Waals surface area contributed by atoms with Crippen LogP contribution in [-0.4, -0.2) is 23.1 Å². The van der Waals surface area contributed by atoms with Gasteiger partial charge in [-0.2, -0.15) is 13.2 Å². The predicted molar refractivity (Wildman–Crippen MR) is 66.8 cm³/mol. The zero-order valence-electron chi connectivity index (χ0n) is 10.6. The Morgan fingerprint density at radius 2 is 2.05 bits per heavy atom. The molecule has 3 nitrogen and oxygen atoms in total. The van der Waals surface area contributed by atoms with Crippen molar-refractivity contribution in [2.24, 2.45) is 0 Å². The smallest absolute Gasteiger partial charge is 0.317 e. The van der Waals surface area contributed by atoms with Crippen molar-refractivity contribution in [2.45, 2.75) is 25.6 Å². The normalized spacial score (nSPS) is 13.7. The van der Waals surface area contributed by atoms with Crippen molar-refractivity contribution in [3.05, 3.63) is 35.8 Å². The topological polar surface area (TPSA) is 37.8 Å². The third kappa shape index (κ3) is 3.01. The van der Waals surface area contributed by atoms with Gasteiger partial charge in [-0.1, -0.05) is 12.1 Å². The lowest BCUT2D eigenvalue weighted by molar-refractivity contribution is -0.136.